The second-order valence-corrected chi connectivity index (χ2v) is 8.40. The lowest BCUT2D eigenvalue weighted by atomic mass is 10.0. The zero-order valence-electron chi connectivity index (χ0n) is 20.8. The van der Waals surface area contributed by atoms with Gasteiger partial charge in [0.05, 0.1) is 33.0 Å². The molecule has 0 heterocycles. The van der Waals surface area contributed by atoms with Crippen LogP contribution in [0.4, 0.5) is 0 Å². The third-order valence-electron chi connectivity index (χ3n) is 5.33. The van der Waals surface area contributed by atoms with Crippen LogP contribution in [-0.4, -0.2) is 52.2 Å². The quantitative estimate of drug-likeness (QED) is 0.108. The molecule has 0 unspecified atom stereocenters. The molecule has 0 aromatic heterocycles. The minimum atomic E-state index is -0.154. The molecule has 5 nitrogen and oxygen atoms in total. The summed E-state index contributed by atoms with van der Waals surface area (Å²) in [6.07, 6.45) is 20.6. The first-order valence-corrected chi connectivity index (χ1v) is 13.2. The van der Waals surface area contributed by atoms with Crippen molar-refractivity contribution in [2.45, 2.75) is 117 Å². The second-order valence-electron chi connectivity index (χ2n) is 8.40. The van der Waals surface area contributed by atoms with Crippen LogP contribution in [-0.2, 0) is 23.7 Å². The van der Waals surface area contributed by atoms with Gasteiger partial charge in [-0.15, -0.1) is 0 Å². The largest absolute Gasteiger partial charge is 0.463 e. The Labute approximate surface area is 192 Å². The first-order chi connectivity index (χ1) is 15.3. The van der Waals surface area contributed by atoms with Gasteiger partial charge in [-0.25, -0.2) is 0 Å². The van der Waals surface area contributed by atoms with Crippen LogP contribution in [0.15, 0.2) is 0 Å². The van der Waals surface area contributed by atoms with Gasteiger partial charge >= 0.3 is 5.97 Å². The molecule has 0 aliphatic carbocycles. The Morgan fingerprint density at radius 2 is 0.839 bits per heavy atom. The molecule has 0 N–H and O–H groups in total. The standard InChI is InChI=1S/C26H52O5/c1-3-5-6-7-8-9-10-11-12-13-14-15-16-17-19-28-20-21-29-22-23-30-24-25-31-26(27)18-4-2/h3-25H2,1-2H3. The number of hydrogen-bond acceptors (Lipinski definition) is 5. The summed E-state index contributed by atoms with van der Waals surface area (Å²) in [7, 11) is 0. The third kappa shape index (κ3) is 27.3. The lowest BCUT2D eigenvalue weighted by Gasteiger charge is -2.07. The van der Waals surface area contributed by atoms with Gasteiger partial charge < -0.3 is 18.9 Å². The molecular formula is C26H52O5. The van der Waals surface area contributed by atoms with E-state index in [2.05, 4.69) is 6.92 Å². The van der Waals surface area contributed by atoms with Crippen LogP contribution in [0.1, 0.15) is 117 Å². The van der Waals surface area contributed by atoms with Crippen molar-refractivity contribution in [2.75, 3.05) is 46.2 Å². The number of rotatable bonds is 26. The van der Waals surface area contributed by atoms with E-state index in [4.69, 9.17) is 18.9 Å². The SMILES string of the molecule is CCCCCCCCCCCCCCCCOCCOCCOCCOC(=O)CCC. The summed E-state index contributed by atoms with van der Waals surface area (Å²) in [4.78, 5) is 11.2. The van der Waals surface area contributed by atoms with Crippen LogP contribution in [0.2, 0.25) is 0 Å². The van der Waals surface area contributed by atoms with E-state index in [1.807, 2.05) is 6.92 Å². The van der Waals surface area contributed by atoms with Gasteiger partial charge in [0.1, 0.15) is 6.61 Å². The summed E-state index contributed by atoms with van der Waals surface area (Å²) in [6, 6.07) is 0. The van der Waals surface area contributed by atoms with Gasteiger partial charge in [0.2, 0.25) is 0 Å². The highest BCUT2D eigenvalue weighted by Crippen LogP contribution is 2.12. The molecule has 0 radical (unpaired) electrons. The summed E-state index contributed by atoms with van der Waals surface area (Å²) in [6.45, 7) is 8.13. The molecule has 0 fully saturated rings. The molecule has 0 bridgehead atoms. The van der Waals surface area contributed by atoms with Crippen molar-refractivity contribution in [3.05, 3.63) is 0 Å². The monoisotopic (exact) mass is 444 g/mol. The second kappa shape index (κ2) is 27.4. The van der Waals surface area contributed by atoms with Gasteiger partial charge in [-0.3, -0.25) is 4.79 Å². The van der Waals surface area contributed by atoms with Crippen LogP contribution < -0.4 is 0 Å². The number of esters is 1. The average Bonchev–Trinajstić information content (AvgIpc) is 2.77. The molecule has 0 aromatic rings. The highest BCUT2D eigenvalue weighted by molar-refractivity contribution is 5.69. The van der Waals surface area contributed by atoms with Crippen molar-refractivity contribution in [1.82, 2.24) is 0 Å². The molecule has 0 amide bonds. The van der Waals surface area contributed by atoms with Crippen LogP contribution in [0.3, 0.4) is 0 Å². The highest BCUT2D eigenvalue weighted by Gasteiger charge is 2.00. The van der Waals surface area contributed by atoms with Crippen molar-refractivity contribution >= 4 is 5.97 Å². The third-order valence-corrected chi connectivity index (χ3v) is 5.33. The number of unbranched alkanes of at least 4 members (excludes halogenated alkanes) is 13. The molecule has 0 aliphatic rings. The van der Waals surface area contributed by atoms with Crippen molar-refractivity contribution < 1.29 is 23.7 Å². The topological polar surface area (TPSA) is 54.0 Å². The summed E-state index contributed by atoms with van der Waals surface area (Å²) in [5.41, 5.74) is 0. The molecule has 186 valence electrons. The fourth-order valence-electron chi connectivity index (χ4n) is 3.43. The van der Waals surface area contributed by atoms with E-state index in [1.165, 1.54) is 83.5 Å². The van der Waals surface area contributed by atoms with Gasteiger partial charge in [0.15, 0.2) is 0 Å². The summed E-state index contributed by atoms with van der Waals surface area (Å²) >= 11 is 0. The Kier molecular flexibility index (Phi) is 26.8. The average molecular weight is 445 g/mol. The molecule has 0 saturated heterocycles. The summed E-state index contributed by atoms with van der Waals surface area (Å²) in [5, 5.41) is 0. The van der Waals surface area contributed by atoms with E-state index in [9.17, 15) is 4.79 Å². The van der Waals surface area contributed by atoms with E-state index < -0.39 is 0 Å². The molecule has 5 heteroatoms. The molecule has 0 spiro atoms. The first kappa shape index (κ1) is 30.4. The van der Waals surface area contributed by atoms with Gasteiger partial charge in [-0.2, -0.15) is 0 Å². The van der Waals surface area contributed by atoms with Crippen molar-refractivity contribution in [3.63, 3.8) is 0 Å². The lowest BCUT2D eigenvalue weighted by molar-refractivity contribution is -0.145. The van der Waals surface area contributed by atoms with Crippen LogP contribution in [0, 0.1) is 0 Å². The number of hydrogen-bond donors (Lipinski definition) is 0. The van der Waals surface area contributed by atoms with E-state index in [1.54, 1.807) is 0 Å². The van der Waals surface area contributed by atoms with Crippen LogP contribution in [0.25, 0.3) is 0 Å². The van der Waals surface area contributed by atoms with Crippen LogP contribution in [0.5, 0.6) is 0 Å². The highest BCUT2D eigenvalue weighted by atomic mass is 16.6. The van der Waals surface area contributed by atoms with E-state index in [-0.39, 0.29) is 5.97 Å². The number of carbonyl (C=O) groups excluding carboxylic acids is 1. The van der Waals surface area contributed by atoms with Crippen LogP contribution >= 0.6 is 0 Å². The predicted molar refractivity (Wildman–Crippen MR) is 129 cm³/mol. The van der Waals surface area contributed by atoms with E-state index in [0.717, 1.165) is 19.4 Å². The van der Waals surface area contributed by atoms with Crippen molar-refractivity contribution in [3.8, 4) is 0 Å². The maximum atomic E-state index is 11.2. The lowest BCUT2D eigenvalue weighted by Crippen LogP contribution is -2.13. The van der Waals surface area contributed by atoms with E-state index in [0.29, 0.717) is 46.1 Å². The maximum Gasteiger partial charge on any atom is 0.305 e. The van der Waals surface area contributed by atoms with Gasteiger partial charge in [-0.05, 0) is 12.8 Å². The number of carbonyl (C=O) groups is 1. The Balaban J connectivity index is 3.03. The molecule has 0 saturated carbocycles. The maximum absolute atomic E-state index is 11.2. The molecule has 31 heavy (non-hydrogen) atoms. The Hall–Kier alpha value is -0.650. The molecule has 0 atom stereocenters. The van der Waals surface area contributed by atoms with Gasteiger partial charge in [0, 0.05) is 13.0 Å². The van der Waals surface area contributed by atoms with Crippen molar-refractivity contribution in [1.29, 1.82) is 0 Å². The fourth-order valence-corrected chi connectivity index (χ4v) is 3.43. The van der Waals surface area contributed by atoms with E-state index >= 15 is 0 Å². The summed E-state index contributed by atoms with van der Waals surface area (Å²) < 4.78 is 21.4. The zero-order chi connectivity index (χ0) is 22.7. The smallest absolute Gasteiger partial charge is 0.305 e. The zero-order valence-corrected chi connectivity index (χ0v) is 20.8. The van der Waals surface area contributed by atoms with Gasteiger partial charge in [-0.1, -0.05) is 97.3 Å². The molecule has 0 aliphatic heterocycles. The van der Waals surface area contributed by atoms with Crippen molar-refractivity contribution in [2.24, 2.45) is 0 Å². The summed E-state index contributed by atoms with van der Waals surface area (Å²) in [5.74, 6) is -0.154. The Morgan fingerprint density at radius 3 is 1.29 bits per heavy atom. The minimum Gasteiger partial charge on any atom is -0.463 e. The predicted octanol–water partition coefficient (Wildman–Crippen LogP) is 6.86. The molecular weight excluding hydrogens is 392 g/mol. The Bertz CT molecular complexity index is 349. The normalized spacial score (nSPS) is 11.2. The molecule has 0 rings (SSSR count). The first-order valence-electron chi connectivity index (χ1n) is 13.2. The fraction of sp³-hybridized carbons (Fsp3) is 0.962. The molecule has 0 aromatic carbocycles. The number of ether oxygens (including phenoxy) is 4. The minimum absolute atomic E-state index is 0.154. The Morgan fingerprint density at radius 1 is 0.452 bits per heavy atom. The van der Waals surface area contributed by atoms with Gasteiger partial charge in [0.25, 0.3) is 0 Å².